The van der Waals surface area contributed by atoms with Gasteiger partial charge in [-0.25, -0.2) is 13.1 Å². The summed E-state index contributed by atoms with van der Waals surface area (Å²) in [5.74, 6) is -0.0169. The van der Waals surface area contributed by atoms with E-state index in [1.165, 1.54) is 24.3 Å². The number of benzene rings is 2. The molecule has 0 aromatic heterocycles. The minimum atomic E-state index is -3.68. The van der Waals surface area contributed by atoms with Crippen LogP contribution in [-0.2, 0) is 10.0 Å². The highest BCUT2D eigenvalue weighted by Gasteiger charge is 2.18. The number of hydrogen-bond donors (Lipinski definition) is 2. The van der Waals surface area contributed by atoms with Gasteiger partial charge in [0.15, 0.2) is 0 Å². The zero-order valence-electron chi connectivity index (χ0n) is 16.0. The molecular formula is C20H25ClN2O4S. The van der Waals surface area contributed by atoms with Gasteiger partial charge in [-0.3, -0.25) is 4.79 Å². The molecule has 0 aliphatic carbocycles. The van der Waals surface area contributed by atoms with Crippen LogP contribution < -0.4 is 14.8 Å². The summed E-state index contributed by atoms with van der Waals surface area (Å²) < 4.78 is 33.2. The third kappa shape index (κ3) is 6.22. The number of hydrogen-bond acceptors (Lipinski definition) is 4. The second kappa shape index (κ2) is 10.5. The summed E-state index contributed by atoms with van der Waals surface area (Å²) in [6, 6.07) is 10.9. The lowest BCUT2D eigenvalue weighted by molar-refractivity contribution is 0.102. The molecule has 0 spiro atoms. The predicted molar refractivity (Wildman–Crippen MR) is 112 cm³/mol. The Morgan fingerprint density at radius 2 is 1.89 bits per heavy atom. The number of halogens is 1. The molecule has 152 valence electrons. The topological polar surface area (TPSA) is 84.5 Å². The van der Waals surface area contributed by atoms with E-state index in [1.807, 2.05) is 6.92 Å². The largest absolute Gasteiger partial charge is 0.492 e. The van der Waals surface area contributed by atoms with Crippen molar-refractivity contribution in [2.24, 2.45) is 0 Å². The highest BCUT2D eigenvalue weighted by molar-refractivity contribution is 7.89. The van der Waals surface area contributed by atoms with Crippen LogP contribution in [0.3, 0.4) is 0 Å². The van der Waals surface area contributed by atoms with E-state index in [4.69, 9.17) is 16.3 Å². The molecule has 0 aliphatic heterocycles. The Bertz CT molecular complexity index is 916. The molecule has 2 rings (SSSR count). The fourth-order valence-corrected chi connectivity index (χ4v) is 3.83. The first-order valence-electron chi connectivity index (χ1n) is 9.20. The third-order valence-corrected chi connectivity index (χ3v) is 5.66. The Hall–Kier alpha value is -2.09. The van der Waals surface area contributed by atoms with Gasteiger partial charge >= 0.3 is 0 Å². The van der Waals surface area contributed by atoms with Gasteiger partial charge in [-0.2, -0.15) is 0 Å². The number of nitrogens with one attached hydrogen (secondary N) is 2. The van der Waals surface area contributed by atoms with Crippen LogP contribution in [0.1, 0.15) is 43.5 Å². The van der Waals surface area contributed by atoms with Crippen molar-refractivity contribution in [3.8, 4) is 5.75 Å². The third-order valence-electron chi connectivity index (χ3n) is 3.97. The quantitative estimate of drug-likeness (QED) is 0.551. The number of rotatable bonds is 10. The number of ether oxygens (including phenoxy) is 1. The van der Waals surface area contributed by atoms with Crippen molar-refractivity contribution in [2.75, 3.05) is 18.5 Å². The molecule has 0 saturated carbocycles. The van der Waals surface area contributed by atoms with Gasteiger partial charge in [0.05, 0.1) is 17.2 Å². The minimum Gasteiger partial charge on any atom is -0.492 e. The number of amides is 1. The maximum Gasteiger partial charge on any atom is 0.255 e. The molecule has 8 heteroatoms. The van der Waals surface area contributed by atoms with Gasteiger partial charge in [-0.15, -0.1) is 0 Å². The average molecular weight is 425 g/mol. The fourth-order valence-electron chi connectivity index (χ4n) is 2.54. The van der Waals surface area contributed by atoms with E-state index in [0.717, 1.165) is 19.3 Å². The Morgan fingerprint density at radius 3 is 2.57 bits per heavy atom. The summed E-state index contributed by atoms with van der Waals surface area (Å²) >= 11 is 5.94. The fraction of sp³-hybridized carbons (Fsp3) is 0.350. The Morgan fingerprint density at radius 1 is 1.11 bits per heavy atom. The SMILES string of the molecule is CCCCCNS(=O)(=O)c1ccc(OCC)c(NC(=O)c2cccc(Cl)c2)c1. The van der Waals surface area contributed by atoms with Crippen molar-refractivity contribution in [1.82, 2.24) is 4.72 Å². The van der Waals surface area contributed by atoms with Crippen LogP contribution in [0.2, 0.25) is 5.02 Å². The Kier molecular flexibility index (Phi) is 8.29. The normalized spacial score (nSPS) is 11.2. The van der Waals surface area contributed by atoms with Crippen LogP contribution >= 0.6 is 11.6 Å². The summed E-state index contributed by atoms with van der Waals surface area (Å²) in [7, 11) is -3.68. The lowest BCUT2D eigenvalue weighted by Gasteiger charge is -2.14. The molecule has 0 fully saturated rings. The van der Waals surface area contributed by atoms with Gasteiger partial charge in [-0.1, -0.05) is 37.4 Å². The summed E-state index contributed by atoms with van der Waals surface area (Å²) in [5, 5.41) is 3.15. The number of carbonyl (C=O) groups is 1. The highest BCUT2D eigenvalue weighted by atomic mass is 35.5. The van der Waals surface area contributed by atoms with Crippen LogP contribution in [-0.4, -0.2) is 27.5 Å². The first kappa shape index (κ1) is 22.2. The van der Waals surface area contributed by atoms with Gasteiger partial charge in [0, 0.05) is 17.1 Å². The average Bonchev–Trinajstić information content (AvgIpc) is 2.66. The van der Waals surface area contributed by atoms with Crippen molar-refractivity contribution < 1.29 is 17.9 Å². The lowest BCUT2D eigenvalue weighted by atomic mass is 10.2. The molecule has 2 aromatic rings. The molecule has 0 bridgehead atoms. The first-order valence-corrected chi connectivity index (χ1v) is 11.1. The van der Waals surface area contributed by atoms with Crippen molar-refractivity contribution >= 4 is 33.2 Å². The predicted octanol–water partition coefficient (Wildman–Crippen LogP) is 4.46. The lowest BCUT2D eigenvalue weighted by Crippen LogP contribution is -2.25. The molecule has 0 atom stereocenters. The number of carbonyl (C=O) groups excluding carboxylic acids is 1. The van der Waals surface area contributed by atoms with Gasteiger partial charge in [-0.05, 0) is 49.7 Å². The maximum atomic E-state index is 12.5. The maximum absolute atomic E-state index is 12.5. The van der Waals surface area contributed by atoms with Crippen LogP contribution in [0.4, 0.5) is 5.69 Å². The molecule has 6 nitrogen and oxygen atoms in total. The number of anilines is 1. The van der Waals surface area contributed by atoms with Gasteiger partial charge < -0.3 is 10.1 Å². The van der Waals surface area contributed by atoms with Crippen LogP contribution in [0.25, 0.3) is 0 Å². The molecule has 0 aliphatic rings. The molecule has 0 heterocycles. The molecule has 0 unspecified atom stereocenters. The van der Waals surface area contributed by atoms with E-state index in [0.29, 0.717) is 29.5 Å². The van der Waals surface area contributed by atoms with Gasteiger partial charge in [0.25, 0.3) is 5.91 Å². The van der Waals surface area contributed by atoms with Crippen LogP contribution in [0.5, 0.6) is 5.75 Å². The van der Waals surface area contributed by atoms with Crippen molar-refractivity contribution in [2.45, 2.75) is 38.0 Å². The van der Waals surface area contributed by atoms with E-state index in [9.17, 15) is 13.2 Å². The molecule has 1 amide bonds. The first-order chi connectivity index (χ1) is 13.4. The number of sulfonamides is 1. The number of unbranched alkanes of at least 4 members (excludes halogenated alkanes) is 2. The van der Waals surface area contributed by atoms with Gasteiger partial charge in [0.1, 0.15) is 5.75 Å². The summed E-state index contributed by atoms with van der Waals surface area (Å²) in [5.41, 5.74) is 0.643. The van der Waals surface area contributed by atoms with E-state index in [1.54, 1.807) is 18.2 Å². The summed E-state index contributed by atoms with van der Waals surface area (Å²) in [6.07, 6.45) is 2.72. The zero-order chi connectivity index (χ0) is 20.6. The van der Waals surface area contributed by atoms with E-state index in [2.05, 4.69) is 17.0 Å². The Balaban J connectivity index is 2.26. The molecule has 2 N–H and O–H groups in total. The van der Waals surface area contributed by atoms with Crippen LogP contribution in [0.15, 0.2) is 47.4 Å². The summed E-state index contributed by atoms with van der Waals surface area (Å²) in [4.78, 5) is 12.6. The highest BCUT2D eigenvalue weighted by Crippen LogP contribution is 2.28. The molecular weight excluding hydrogens is 400 g/mol. The molecule has 2 aromatic carbocycles. The molecule has 28 heavy (non-hydrogen) atoms. The second-order valence-corrected chi connectivity index (χ2v) is 8.36. The van der Waals surface area contributed by atoms with Gasteiger partial charge in [0.2, 0.25) is 10.0 Å². The second-order valence-electron chi connectivity index (χ2n) is 6.16. The van der Waals surface area contributed by atoms with Crippen molar-refractivity contribution in [3.63, 3.8) is 0 Å². The van der Waals surface area contributed by atoms with Crippen molar-refractivity contribution in [3.05, 3.63) is 53.1 Å². The van der Waals surface area contributed by atoms with Crippen molar-refractivity contribution in [1.29, 1.82) is 0 Å². The van der Waals surface area contributed by atoms with E-state index < -0.39 is 15.9 Å². The summed E-state index contributed by atoms with van der Waals surface area (Å²) in [6.45, 7) is 4.60. The molecule has 0 radical (unpaired) electrons. The molecule has 0 saturated heterocycles. The van der Waals surface area contributed by atoms with Crippen LogP contribution in [0, 0.1) is 0 Å². The smallest absolute Gasteiger partial charge is 0.255 e. The van der Waals surface area contributed by atoms with E-state index >= 15 is 0 Å². The minimum absolute atomic E-state index is 0.0637. The monoisotopic (exact) mass is 424 g/mol. The van der Waals surface area contributed by atoms with E-state index in [-0.39, 0.29) is 10.6 Å². The zero-order valence-corrected chi connectivity index (χ0v) is 17.6. The Labute approximate surface area is 171 Å². The standard InChI is InChI=1S/C20H25ClN2O4S/c1-3-5-6-12-22-28(25,26)17-10-11-19(27-4-2)18(14-17)23-20(24)15-8-7-9-16(21)13-15/h7-11,13-14,22H,3-6,12H2,1-2H3,(H,23,24).